The molecule has 2 unspecified atom stereocenters. The van der Waals surface area contributed by atoms with Gasteiger partial charge in [-0.3, -0.25) is 5.10 Å². The third kappa shape index (κ3) is 1.82. The van der Waals surface area contributed by atoms with Crippen LogP contribution in [0.4, 0.5) is 0 Å². The molecule has 23 heavy (non-hydrogen) atoms. The number of hydrogen-bond acceptors (Lipinski definition) is 4. The SMILES string of the molecule is O=S(=O)(C1CC1)N1CC2C(C1)C2(O)c1cc(Cl)cc2[nH]ncc12. The van der Waals surface area contributed by atoms with Crippen LogP contribution in [0.3, 0.4) is 0 Å². The molecule has 5 rings (SSSR count). The lowest BCUT2D eigenvalue weighted by molar-refractivity contribution is 0.0991. The number of nitrogens with one attached hydrogen (secondary N) is 1. The van der Waals surface area contributed by atoms with Crippen molar-refractivity contribution in [1.29, 1.82) is 0 Å². The Morgan fingerprint density at radius 3 is 2.65 bits per heavy atom. The maximum Gasteiger partial charge on any atom is 0.217 e. The van der Waals surface area contributed by atoms with Crippen molar-refractivity contribution in [2.45, 2.75) is 23.7 Å². The van der Waals surface area contributed by atoms with E-state index < -0.39 is 15.6 Å². The number of aliphatic hydroxyl groups is 1. The summed E-state index contributed by atoms with van der Waals surface area (Å²) in [6, 6.07) is 3.55. The fourth-order valence-corrected chi connectivity index (χ4v) is 6.21. The van der Waals surface area contributed by atoms with Gasteiger partial charge in [0.25, 0.3) is 0 Å². The summed E-state index contributed by atoms with van der Waals surface area (Å²) in [7, 11) is -3.16. The number of halogens is 1. The van der Waals surface area contributed by atoms with E-state index in [-0.39, 0.29) is 17.1 Å². The van der Waals surface area contributed by atoms with Crippen LogP contribution in [0.5, 0.6) is 0 Å². The summed E-state index contributed by atoms with van der Waals surface area (Å²) in [5.74, 6) is -0.125. The third-order valence-electron chi connectivity index (χ3n) is 5.57. The number of benzene rings is 1. The largest absolute Gasteiger partial charge is 0.384 e. The molecule has 1 saturated heterocycles. The summed E-state index contributed by atoms with van der Waals surface area (Å²) in [6.07, 6.45) is 3.22. The van der Waals surface area contributed by atoms with Crippen molar-refractivity contribution in [1.82, 2.24) is 14.5 Å². The molecular weight excluding hydrogens is 338 g/mol. The standard InChI is InChI=1S/C15H16ClN3O3S/c16-8-3-11(10-5-17-18-14(10)4-8)15(20)12-6-19(7-13(12)15)23(21,22)9-1-2-9/h3-5,9,12-13,20H,1-2,6-7H2,(H,17,18). The number of aromatic amines is 1. The van der Waals surface area contributed by atoms with Crippen molar-refractivity contribution in [2.75, 3.05) is 13.1 Å². The molecule has 1 aromatic heterocycles. The van der Waals surface area contributed by atoms with Crippen LogP contribution in [0.15, 0.2) is 18.3 Å². The number of aromatic nitrogens is 2. The number of hydrogen-bond donors (Lipinski definition) is 2. The van der Waals surface area contributed by atoms with Crippen molar-refractivity contribution in [3.63, 3.8) is 0 Å². The van der Waals surface area contributed by atoms with E-state index in [1.54, 1.807) is 22.6 Å². The van der Waals surface area contributed by atoms with E-state index in [2.05, 4.69) is 10.2 Å². The number of nitrogens with zero attached hydrogens (tertiary/aromatic N) is 2. The minimum Gasteiger partial charge on any atom is -0.384 e. The topological polar surface area (TPSA) is 86.3 Å². The molecular formula is C15H16ClN3O3S. The highest BCUT2D eigenvalue weighted by Crippen LogP contribution is 2.63. The Hall–Kier alpha value is -1.15. The molecule has 2 atom stereocenters. The highest BCUT2D eigenvalue weighted by molar-refractivity contribution is 7.90. The van der Waals surface area contributed by atoms with E-state index in [9.17, 15) is 13.5 Å². The lowest BCUT2D eigenvalue weighted by Gasteiger charge is -2.24. The monoisotopic (exact) mass is 353 g/mol. The van der Waals surface area contributed by atoms with Gasteiger partial charge in [0.2, 0.25) is 10.0 Å². The van der Waals surface area contributed by atoms with Gasteiger partial charge in [0.05, 0.1) is 22.6 Å². The molecule has 0 radical (unpaired) electrons. The van der Waals surface area contributed by atoms with Crippen LogP contribution in [0.1, 0.15) is 18.4 Å². The van der Waals surface area contributed by atoms with Gasteiger partial charge < -0.3 is 5.11 Å². The van der Waals surface area contributed by atoms with Gasteiger partial charge in [0.15, 0.2) is 0 Å². The van der Waals surface area contributed by atoms with Gasteiger partial charge >= 0.3 is 0 Å². The highest BCUT2D eigenvalue weighted by Gasteiger charge is 2.70. The zero-order chi connectivity index (χ0) is 16.0. The molecule has 2 saturated carbocycles. The molecule has 0 spiro atoms. The van der Waals surface area contributed by atoms with Crippen molar-refractivity contribution in [2.24, 2.45) is 11.8 Å². The van der Waals surface area contributed by atoms with E-state index >= 15 is 0 Å². The molecule has 1 aliphatic heterocycles. The van der Waals surface area contributed by atoms with Crippen LogP contribution in [-0.2, 0) is 15.6 Å². The lowest BCUT2D eigenvalue weighted by atomic mass is 9.99. The summed E-state index contributed by atoms with van der Waals surface area (Å²) >= 11 is 6.16. The molecule has 0 amide bonds. The van der Waals surface area contributed by atoms with Crippen LogP contribution in [0.25, 0.3) is 10.9 Å². The predicted octanol–water partition coefficient (Wildman–Crippen LogP) is 1.46. The van der Waals surface area contributed by atoms with Gasteiger partial charge in [0, 0.05) is 35.3 Å². The molecule has 6 nitrogen and oxygen atoms in total. The first-order valence-corrected chi connectivity index (χ1v) is 9.65. The molecule has 2 aromatic rings. The van der Waals surface area contributed by atoms with Gasteiger partial charge in [-0.2, -0.15) is 5.10 Å². The zero-order valence-electron chi connectivity index (χ0n) is 12.2. The highest BCUT2D eigenvalue weighted by atomic mass is 35.5. The molecule has 1 aromatic carbocycles. The van der Waals surface area contributed by atoms with Crippen LogP contribution < -0.4 is 0 Å². The Morgan fingerprint density at radius 2 is 2.00 bits per heavy atom. The fourth-order valence-electron chi connectivity index (χ4n) is 4.10. The number of fused-ring (bicyclic) bond motifs is 2. The van der Waals surface area contributed by atoms with E-state index in [0.717, 1.165) is 29.3 Å². The molecule has 8 heteroatoms. The molecule has 3 fully saturated rings. The average molecular weight is 354 g/mol. The van der Waals surface area contributed by atoms with Crippen molar-refractivity contribution in [3.8, 4) is 0 Å². The number of piperidine rings is 1. The Bertz CT molecular complexity index is 909. The molecule has 2 heterocycles. The van der Waals surface area contributed by atoms with Gasteiger partial charge in [-0.1, -0.05) is 11.6 Å². The van der Waals surface area contributed by atoms with Crippen molar-refractivity contribution < 1.29 is 13.5 Å². The summed E-state index contributed by atoms with van der Waals surface area (Å²) in [4.78, 5) is 0. The number of H-pyrrole nitrogens is 1. The molecule has 2 aliphatic carbocycles. The molecule has 0 bridgehead atoms. The van der Waals surface area contributed by atoms with Crippen molar-refractivity contribution in [3.05, 3.63) is 28.9 Å². The smallest absolute Gasteiger partial charge is 0.217 e. The van der Waals surface area contributed by atoms with E-state index in [1.165, 1.54) is 0 Å². The summed E-state index contributed by atoms with van der Waals surface area (Å²) in [5.41, 5.74) is 0.545. The summed E-state index contributed by atoms with van der Waals surface area (Å²) < 4.78 is 26.2. The first-order valence-electron chi connectivity index (χ1n) is 7.77. The maximum absolute atomic E-state index is 12.3. The first-order chi connectivity index (χ1) is 10.9. The van der Waals surface area contributed by atoms with Crippen LogP contribution in [-0.4, -0.2) is 46.4 Å². The normalized spacial score (nSPS) is 34.0. The van der Waals surface area contributed by atoms with Gasteiger partial charge in [-0.25, -0.2) is 12.7 Å². The molecule has 3 aliphatic rings. The summed E-state index contributed by atoms with van der Waals surface area (Å²) in [6.45, 7) is 0.789. The Balaban J connectivity index is 1.49. The average Bonchev–Trinajstić information content (AvgIpc) is 3.30. The van der Waals surface area contributed by atoms with Crippen LogP contribution >= 0.6 is 11.6 Å². The quantitative estimate of drug-likeness (QED) is 0.874. The minimum absolute atomic E-state index is 0.0624. The van der Waals surface area contributed by atoms with Crippen molar-refractivity contribution >= 4 is 32.5 Å². The number of rotatable bonds is 3. The van der Waals surface area contributed by atoms with Gasteiger partial charge in [0.1, 0.15) is 0 Å². The van der Waals surface area contributed by atoms with Gasteiger partial charge in [-0.15, -0.1) is 0 Å². The maximum atomic E-state index is 12.3. The Labute approximate surface area is 138 Å². The Morgan fingerprint density at radius 1 is 1.30 bits per heavy atom. The zero-order valence-corrected chi connectivity index (χ0v) is 13.8. The third-order valence-corrected chi connectivity index (χ3v) is 8.12. The van der Waals surface area contributed by atoms with E-state index in [4.69, 9.17) is 11.6 Å². The predicted molar refractivity (Wildman–Crippen MR) is 85.5 cm³/mol. The second-order valence-corrected chi connectivity index (χ2v) is 9.53. The van der Waals surface area contributed by atoms with Crippen LogP contribution in [0, 0.1) is 11.8 Å². The second-order valence-electron chi connectivity index (χ2n) is 6.88. The first kappa shape index (κ1) is 14.2. The number of sulfonamides is 1. The van der Waals surface area contributed by atoms with Crippen LogP contribution in [0.2, 0.25) is 5.02 Å². The second kappa shape index (κ2) is 4.27. The molecule has 2 N–H and O–H groups in total. The minimum atomic E-state index is -3.16. The molecule has 122 valence electrons. The van der Waals surface area contributed by atoms with E-state index in [0.29, 0.717) is 18.1 Å². The van der Waals surface area contributed by atoms with Gasteiger partial charge in [-0.05, 0) is 30.5 Å². The lowest BCUT2D eigenvalue weighted by Crippen LogP contribution is -2.37. The Kier molecular flexibility index (Phi) is 2.64. The van der Waals surface area contributed by atoms with E-state index in [1.807, 2.05) is 0 Å². The fraction of sp³-hybridized carbons (Fsp3) is 0.533. The summed E-state index contributed by atoms with van der Waals surface area (Å²) in [5, 5.41) is 19.2.